The molecule has 0 fully saturated rings. The number of aryl methyl sites for hydroxylation is 1. The monoisotopic (exact) mass is 307 g/mol. The number of rotatable bonds is 1. The summed E-state index contributed by atoms with van der Waals surface area (Å²) in [6.07, 6.45) is 0. The molecule has 1 aromatic heterocycles. The summed E-state index contributed by atoms with van der Waals surface area (Å²) < 4.78 is 0.826. The summed E-state index contributed by atoms with van der Waals surface area (Å²) in [6, 6.07) is 6.47. The minimum absolute atomic E-state index is 0.158. The average Bonchev–Trinajstić information content (AvgIpc) is 2.56. The Hall–Kier alpha value is -1.29. The first-order valence-electron chi connectivity index (χ1n) is 5.91. The van der Waals surface area contributed by atoms with Crippen LogP contribution in [-0.2, 0) is 5.41 Å². The largest absolute Gasteiger partial charge is 0.369 e. The number of benzene rings is 1. The normalized spacial score (nSPS) is 11.8. The fourth-order valence-electron chi connectivity index (χ4n) is 1.94. The number of hydrogen-bond donors (Lipinski definition) is 2. The molecule has 0 amide bonds. The molecule has 0 aliphatic heterocycles. The minimum atomic E-state index is 0.158. The first kappa shape index (κ1) is 13.1. The number of halogens is 1. The molecule has 96 valence electrons. The van der Waals surface area contributed by atoms with Gasteiger partial charge < -0.3 is 10.7 Å². The number of nitrogen functional groups attached to an aromatic ring is 1. The molecule has 2 rings (SSSR count). The van der Waals surface area contributed by atoms with Crippen molar-refractivity contribution < 1.29 is 0 Å². The second-order valence-electron chi connectivity index (χ2n) is 5.56. The van der Waals surface area contributed by atoms with E-state index in [0.29, 0.717) is 5.95 Å². The smallest absolute Gasteiger partial charge is 0.198 e. The maximum atomic E-state index is 5.67. The average molecular weight is 308 g/mol. The SMILES string of the molecule is Cc1cc(C(C)(C)C)ccc1-c1nc(N)[nH]c1Br. The molecule has 4 heteroatoms. The lowest BCUT2D eigenvalue weighted by atomic mass is 9.85. The molecule has 0 bridgehead atoms. The summed E-state index contributed by atoms with van der Waals surface area (Å²) in [6.45, 7) is 8.74. The third kappa shape index (κ3) is 2.43. The van der Waals surface area contributed by atoms with E-state index >= 15 is 0 Å². The highest BCUT2D eigenvalue weighted by atomic mass is 79.9. The van der Waals surface area contributed by atoms with Crippen LogP contribution in [0.3, 0.4) is 0 Å². The third-order valence-corrected chi connectivity index (χ3v) is 3.60. The summed E-state index contributed by atoms with van der Waals surface area (Å²) in [5.41, 5.74) is 10.3. The fourth-order valence-corrected chi connectivity index (χ4v) is 2.45. The Morgan fingerprint density at radius 3 is 2.39 bits per heavy atom. The number of anilines is 1. The molecule has 0 aliphatic rings. The van der Waals surface area contributed by atoms with Crippen molar-refractivity contribution in [2.45, 2.75) is 33.1 Å². The van der Waals surface area contributed by atoms with E-state index in [4.69, 9.17) is 5.73 Å². The summed E-state index contributed by atoms with van der Waals surface area (Å²) in [5, 5.41) is 0. The number of H-pyrrole nitrogens is 1. The molecule has 1 heterocycles. The molecule has 3 nitrogen and oxygen atoms in total. The molecule has 0 atom stereocenters. The Balaban J connectivity index is 2.51. The molecule has 0 saturated carbocycles. The van der Waals surface area contributed by atoms with Crippen LogP contribution in [0.4, 0.5) is 5.95 Å². The van der Waals surface area contributed by atoms with Crippen LogP contribution >= 0.6 is 15.9 Å². The Kier molecular flexibility index (Phi) is 3.23. The lowest BCUT2D eigenvalue weighted by Gasteiger charge is -2.20. The van der Waals surface area contributed by atoms with Gasteiger partial charge in [0, 0.05) is 5.56 Å². The first-order chi connectivity index (χ1) is 8.29. The maximum Gasteiger partial charge on any atom is 0.198 e. The minimum Gasteiger partial charge on any atom is -0.369 e. The number of nitrogens with zero attached hydrogens (tertiary/aromatic N) is 1. The zero-order chi connectivity index (χ0) is 13.5. The van der Waals surface area contributed by atoms with Crippen molar-refractivity contribution in [2.24, 2.45) is 0 Å². The predicted molar refractivity (Wildman–Crippen MR) is 79.6 cm³/mol. The summed E-state index contributed by atoms with van der Waals surface area (Å²) in [5.74, 6) is 0.427. The molecule has 2 aromatic rings. The second kappa shape index (κ2) is 4.43. The first-order valence-corrected chi connectivity index (χ1v) is 6.71. The molecule has 0 aliphatic carbocycles. The summed E-state index contributed by atoms with van der Waals surface area (Å²) in [4.78, 5) is 7.27. The molecular weight excluding hydrogens is 290 g/mol. The highest BCUT2D eigenvalue weighted by Gasteiger charge is 2.16. The van der Waals surface area contributed by atoms with E-state index in [-0.39, 0.29) is 5.41 Å². The second-order valence-corrected chi connectivity index (χ2v) is 6.36. The standard InChI is InChI=1S/C14H18BrN3/c1-8-7-9(14(2,3)4)5-6-10(8)11-12(15)18-13(16)17-11/h5-7H,1-4H3,(H3,16,17,18). The highest BCUT2D eigenvalue weighted by Crippen LogP contribution is 2.32. The van der Waals surface area contributed by atoms with Gasteiger partial charge in [0.15, 0.2) is 5.95 Å². The fraction of sp³-hybridized carbons (Fsp3) is 0.357. The van der Waals surface area contributed by atoms with Crippen LogP contribution in [0.5, 0.6) is 0 Å². The van der Waals surface area contributed by atoms with Gasteiger partial charge in [-0.1, -0.05) is 39.0 Å². The third-order valence-electron chi connectivity index (χ3n) is 3.03. The zero-order valence-electron chi connectivity index (χ0n) is 11.1. The van der Waals surface area contributed by atoms with Crippen LogP contribution in [0.25, 0.3) is 11.3 Å². The lowest BCUT2D eigenvalue weighted by molar-refractivity contribution is 0.590. The molecule has 0 saturated heterocycles. The number of aromatic amines is 1. The summed E-state index contributed by atoms with van der Waals surface area (Å²) >= 11 is 3.45. The van der Waals surface area contributed by atoms with Crippen LogP contribution in [0.15, 0.2) is 22.8 Å². The van der Waals surface area contributed by atoms with E-state index in [1.54, 1.807) is 0 Å². The van der Waals surface area contributed by atoms with Crippen LogP contribution in [-0.4, -0.2) is 9.97 Å². The number of nitrogens with two attached hydrogens (primary N) is 1. The van der Waals surface area contributed by atoms with E-state index in [2.05, 4.69) is 71.8 Å². The zero-order valence-corrected chi connectivity index (χ0v) is 12.7. The van der Waals surface area contributed by atoms with E-state index in [1.807, 2.05) is 0 Å². The van der Waals surface area contributed by atoms with Gasteiger partial charge in [-0.2, -0.15) is 0 Å². The van der Waals surface area contributed by atoms with Gasteiger partial charge in [-0.05, 0) is 39.4 Å². The van der Waals surface area contributed by atoms with Gasteiger partial charge in [0.25, 0.3) is 0 Å². The molecule has 0 unspecified atom stereocenters. The van der Waals surface area contributed by atoms with Gasteiger partial charge in [0.2, 0.25) is 0 Å². The van der Waals surface area contributed by atoms with E-state index in [1.165, 1.54) is 11.1 Å². The van der Waals surface area contributed by atoms with E-state index < -0.39 is 0 Å². The lowest BCUT2D eigenvalue weighted by Crippen LogP contribution is -2.11. The Morgan fingerprint density at radius 1 is 1.28 bits per heavy atom. The van der Waals surface area contributed by atoms with Crippen molar-refractivity contribution in [1.29, 1.82) is 0 Å². The van der Waals surface area contributed by atoms with Gasteiger partial charge in [0.1, 0.15) is 10.3 Å². The van der Waals surface area contributed by atoms with Crippen LogP contribution in [0, 0.1) is 6.92 Å². The van der Waals surface area contributed by atoms with Crippen molar-refractivity contribution in [2.75, 3.05) is 5.73 Å². The van der Waals surface area contributed by atoms with Gasteiger partial charge in [-0.15, -0.1) is 0 Å². The van der Waals surface area contributed by atoms with Crippen LogP contribution < -0.4 is 5.73 Å². The van der Waals surface area contributed by atoms with Crippen molar-refractivity contribution in [3.63, 3.8) is 0 Å². The van der Waals surface area contributed by atoms with Gasteiger partial charge >= 0.3 is 0 Å². The molecule has 3 N–H and O–H groups in total. The number of hydrogen-bond acceptors (Lipinski definition) is 2. The van der Waals surface area contributed by atoms with Gasteiger partial charge in [-0.25, -0.2) is 4.98 Å². The van der Waals surface area contributed by atoms with Crippen LogP contribution in [0.1, 0.15) is 31.9 Å². The van der Waals surface area contributed by atoms with Crippen molar-refractivity contribution in [3.05, 3.63) is 33.9 Å². The van der Waals surface area contributed by atoms with E-state index in [9.17, 15) is 0 Å². The van der Waals surface area contributed by atoms with E-state index in [0.717, 1.165) is 15.9 Å². The molecular formula is C14H18BrN3. The molecule has 1 aromatic carbocycles. The van der Waals surface area contributed by atoms with Crippen LogP contribution in [0.2, 0.25) is 0 Å². The van der Waals surface area contributed by atoms with Crippen molar-refractivity contribution in [3.8, 4) is 11.3 Å². The number of aromatic nitrogens is 2. The summed E-state index contributed by atoms with van der Waals surface area (Å²) in [7, 11) is 0. The maximum absolute atomic E-state index is 5.67. The molecule has 18 heavy (non-hydrogen) atoms. The quantitative estimate of drug-likeness (QED) is 0.836. The molecule has 0 radical (unpaired) electrons. The van der Waals surface area contributed by atoms with Gasteiger partial charge in [0.05, 0.1) is 0 Å². The Bertz CT molecular complexity index is 579. The number of nitrogens with one attached hydrogen (secondary N) is 1. The highest BCUT2D eigenvalue weighted by molar-refractivity contribution is 9.10. The Labute approximate surface area is 116 Å². The van der Waals surface area contributed by atoms with Crippen molar-refractivity contribution in [1.82, 2.24) is 9.97 Å². The number of imidazole rings is 1. The van der Waals surface area contributed by atoms with Gasteiger partial charge in [-0.3, -0.25) is 0 Å². The predicted octanol–water partition coefficient (Wildman–Crippen LogP) is 4.03. The molecule has 0 spiro atoms. The van der Waals surface area contributed by atoms with Crippen molar-refractivity contribution >= 4 is 21.9 Å². The topological polar surface area (TPSA) is 54.7 Å². The Morgan fingerprint density at radius 2 is 1.94 bits per heavy atom.